The third-order valence-corrected chi connectivity index (χ3v) is 5.77. The van der Waals surface area contributed by atoms with Crippen LogP contribution in [0.3, 0.4) is 0 Å². The van der Waals surface area contributed by atoms with Gasteiger partial charge in [-0.1, -0.05) is 54.1 Å². The summed E-state index contributed by atoms with van der Waals surface area (Å²) in [5.74, 6) is -0.652. The van der Waals surface area contributed by atoms with Crippen LogP contribution in [0.25, 0.3) is 10.8 Å². The first kappa shape index (κ1) is 26.4. The van der Waals surface area contributed by atoms with Gasteiger partial charge in [-0.2, -0.15) is 5.10 Å². The summed E-state index contributed by atoms with van der Waals surface area (Å²) in [6, 6.07) is 24.2. The summed E-state index contributed by atoms with van der Waals surface area (Å²) in [5, 5.41) is 8.47. The molecule has 8 nitrogen and oxygen atoms in total. The van der Waals surface area contributed by atoms with Crippen molar-refractivity contribution in [2.24, 2.45) is 5.10 Å². The van der Waals surface area contributed by atoms with Crippen molar-refractivity contribution < 1.29 is 23.9 Å². The molecule has 0 aliphatic heterocycles. The lowest BCUT2D eigenvalue weighted by atomic mass is 10.0. The van der Waals surface area contributed by atoms with E-state index in [2.05, 4.69) is 15.8 Å². The van der Waals surface area contributed by atoms with Gasteiger partial charge in [-0.15, -0.1) is 0 Å². The Hall–Kier alpha value is -4.69. The van der Waals surface area contributed by atoms with Crippen molar-refractivity contribution in [3.63, 3.8) is 0 Å². The largest absolute Gasteiger partial charge is 0.494 e. The molecule has 38 heavy (non-hydrogen) atoms. The number of nitrogens with one attached hydrogen (secondary N) is 2. The fraction of sp³-hybridized carbons (Fsp3) is 0.103. The summed E-state index contributed by atoms with van der Waals surface area (Å²) < 4.78 is 11.1. The topological polar surface area (TPSA) is 106 Å². The van der Waals surface area contributed by atoms with Gasteiger partial charge in [-0.3, -0.25) is 9.59 Å². The van der Waals surface area contributed by atoms with E-state index in [0.29, 0.717) is 23.5 Å². The molecule has 0 bridgehead atoms. The highest BCUT2D eigenvalue weighted by Gasteiger charge is 2.14. The van der Waals surface area contributed by atoms with Crippen LogP contribution in [0.4, 0.5) is 0 Å². The number of hydrogen-bond donors (Lipinski definition) is 2. The molecule has 0 aliphatic rings. The quantitative estimate of drug-likeness (QED) is 0.137. The van der Waals surface area contributed by atoms with E-state index in [0.717, 1.165) is 10.8 Å². The molecule has 0 aliphatic carbocycles. The average Bonchev–Trinajstić information content (AvgIpc) is 2.93. The van der Waals surface area contributed by atoms with E-state index in [-0.39, 0.29) is 22.9 Å². The van der Waals surface area contributed by atoms with E-state index in [1.165, 1.54) is 6.21 Å². The molecule has 4 aromatic carbocycles. The van der Waals surface area contributed by atoms with E-state index in [4.69, 9.17) is 21.1 Å². The first-order valence-corrected chi connectivity index (χ1v) is 12.2. The first-order valence-electron chi connectivity index (χ1n) is 11.8. The normalized spacial score (nSPS) is 10.8. The second-order valence-corrected chi connectivity index (χ2v) is 8.41. The molecular formula is C29H24ClN3O5. The third kappa shape index (κ3) is 6.54. The Morgan fingerprint density at radius 2 is 1.66 bits per heavy atom. The predicted molar refractivity (Wildman–Crippen MR) is 146 cm³/mol. The van der Waals surface area contributed by atoms with Gasteiger partial charge in [0.15, 0.2) is 0 Å². The predicted octanol–water partition coefficient (Wildman–Crippen LogP) is 4.99. The number of benzene rings is 4. The summed E-state index contributed by atoms with van der Waals surface area (Å²) in [4.78, 5) is 37.3. The monoisotopic (exact) mass is 529 g/mol. The minimum Gasteiger partial charge on any atom is -0.494 e. The smallest absolute Gasteiger partial charge is 0.343 e. The lowest BCUT2D eigenvalue weighted by Gasteiger charge is -2.11. The molecule has 2 N–H and O–H groups in total. The molecule has 2 amide bonds. The highest BCUT2D eigenvalue weighted by molar-refractivity contribution is 6.33. The van der Waals surface area contributed by atoms with Crippen molar-refractivity contribution in [3.05, 3.63) is 107 Å². The van der Waals surface area contributed by atoms with Crippen LogP contribution in [0, 0.1) is 0 Å². The number of hydrazone groups is 1. The van der Waals surface area contributed by atoms with Gasteiger partial charge in [0.05, 0.1) is 35.5 Å². The molecule has 0 atom stereocenters. The molecule has 0 aromatic heterocycles. The number of nitrogens with zero attached hydrogens (tertiary/aromatic N) is 1. The molecule has 0 unspecified atom stereocenters. The Morgan fingerprint density at radius 1 is 0.921 bits per heavy atom. The molecule has 4 aromatic rings. The van der Waals surface area contributed by atoms with E-state index >= 15 is 0 Å². The number of carbonyl (C=O) groups is 3. The fourth-order valence-electron chi connectivity index (χ4n) is 3.62. The molecule has 0 heterocycles. The van der Waals surface area contributed by atoms with E-state index < -0.39 is 17.8 Å². The van der Waals surface area contributed by atoms with Crippen LogP contribution in [0.15, 0.2) is 90.0 Å². The molecule has 0 saturated heterocycles. The zero-order chi connectivity index (χ0) is 26.9. The van der Waals surface area contributed by atoms with Gasteiger partial charge in [0.25, 0.3) is 11.8 Å². The molecule has 0 fully saturated rings. The summed E-state index contributed by atoms with van der Waals surface area (Å²) in [7, 11) is 0. The Morgan fingerprint density at radius 3 is 2.42 bits per heavy atom. The lowest BCUT2D eigenvalue weighted by molar-refractivity contribution is -0.120. The van der Waals surface area contributed by atoms with E-state index in [1.807, 2.05) is 37.3 Å². The number of esters is 1. The van der Waals surface area contributed by atoms with Crippen LogP contribution in [0.1, 0.15) is 33.2 Å². The summed E-state index contributed by atoms with van der Waals surface area (Å²) in [6.07, 6.45) is 1.40. The molecule has 0 saturated carbocycles. The highest BCUT2D eigenvalue weighted by Crippen LogP contribution is 2.27. The van der Waals surface area contributed by atoms with Gasteiger partial charge >= 0.3 is 5.97 Å². The van der Waals surface area contributed by atoms with Crippen LogP contribution in [-0.4, -0.2) is 37.1 Å². The number of halogens is 1. The minimum absolute atomic E-state index is 0.264. The number of amides is 2. The minimum atomic E-state index is -0.552. The van der Waals surface area contributed by atoms with Gasteiger partial charge in [0.1, 0.15) is 11.5 Å². The van der Waals surface area contributed by atoms with Gasteiger partial charge in [0, 0.05) is 5.56 Å². The second-order valence-electron chi connectivity index (χ2n) is 8.00. The molecular weight excluding hydrogens is 506 g/mol. The standard InChI is InChI=1S/C29H24ClN3O5/c1-2-37-21-14-11-20(12-15-21)29(36)38-26-16-13-19-7-3-4-8-22(19)24(26)17-32-33-27(34)18-31-28(35)23-9-5-6-10-25(23)30/h3-17H,2,18H2,1H3,(H,31,35)(H,33,34). The Bertz CT molecular complexity index is 1500. The molecule has 192 valence electrons. The van der Waals surface area contributed by atoms with Crippen molar-refractivity contribution >= 4 is 46.4 Å². The van der Waals surface area contributed by atoms with Crippen LogP contribution >= 0.6 is 11.6 Å². The van der Waals surface area contributed by atoms with Crippen molar-refractivity contribution in [2.45, 2.75) is 6.92 Å². The maximum atomic E-state index is 12.8. The number of rotatable bonds is 9. The van der Waals surface area contributed by atoms with Gasteiger partial charge in [-0.25, -0.2) is 10.2 Å². The fourth-order valence-corrected chi connectivity index (χ4v) is 3.84. The zero-order valence-corrected chi connectivity index (χ0v) is 21.2. The van der Waals surface area contributed by atoms with Crippen molar-refractivity contribution in [1.29, 1.82) is 0 Å². The molecule has 0 radical (unpaired) electrons. The van der Waals surface area contributed by atoms with Crippen molar-refractivity contribution in [3.8, 4) is 11.5 Å². The molecule has 9 heteroatoms. The van der Waals surface area contributed by atoms with Crippen LogP contribution in [0.5, 0.6) is 11.5 Å². The zero-order valence-electron chi connectivity index (χ0n) is 20.4. The number of carbonyl (C=O) groups excluding carboxylic acids is 3. The SMILES string of the molecule is CCOc1ccc(C(=O)Oc2ccc3ccccc3c2C=NNC(=O)CNC(=O)c2ccccc2Cl)cc1. The van der Waals surface area contributed by atoms with Gasteiger partial charge in [-0.05, 0) is 60.2 Å². The van der Waals surface area contributed by atoms with Crippen molar-refractivity contribution in [1.82, 2.24) is 10.7 Å². The first-order chi connectivity index (χ1) is 18.5. The van der Waals surface area contributed by atoms with Crippen LogP contribution in [-0.2, 0) is 4.79 Å². The van der Waals surface area contributed by atoms with E-state index in [1.54, 1.807) is 54.6 Å². The maximum Gasteiger partial charge on any atom is 0.343 e. The Kier molecular flexibility index (Phi) is 8.69. The van der Waals surface area contributed by atoms with Crippen LogP contribution < -0.4 is 20.2 Å². The lowest BCUT2D eigenvalue weighted by Crippen LogP contribution is -2.35. The summed E-state index contributed by atoms with van der Waals surface area (Å²) >= 11 is 6.02. The number of ether oxygens (including phenoxy) is 2. The molecule has 4 rings (SSSR count). The summed E-state index contributed by atoms with van der Waals surface area (Å²) in [5.41, 5.74) is 3.50. The van der Waals surface area contributed by atoms with E-state index in [9.17, 15) is 14.4 Å². The van der Waals surface area contributed by atoms with Crippen molar-refractivity contribution in [2.75, 3.05) is 13.2 Å². The molecule has 0 spiro atoms. The second kappa shape index (κ2) is 12.5. The number of fused-ring (bicyclic) bond motifs is 1. The van der Waals surface area contributed by atoms with Crippen LogP contribution in [0.2, 0.25) is 5.02 Å². The Labute approximate surface area is 224 Å². The Balaban J connectivity index is 1.46. The summed E-state index contributed by atoms with van der Waals surface area (Å²) in [6.45, 7) is 2.09. The average molecular weight is 530 g/mol. The van der Waals surface area contributed by atoms with Gasteiger partial charge < -0.3 is 14.8 Å². The third-order valence-electron chi connectivity index (χ3n) is 5.45. The highest BCUT2D eigenvalue weighted by atomic mass is 35.5. The number of hydrogen-bond acceptors (Lipinski definition) is 6. The van der Waals surface area contributed by atoms with Gasteiger partial charge in [0.2, 0.25) is 0 Å². The maximum absolute atomic E-state index is 12.8.